The number of hydrogen-bond donors (Lipinski definition) is 1. The van der Waals surface area contributed by atoms with Crippen molar-refractivity contribution in [1.29, 1.82) is 0 Å². The molecule has 1 N–H and O–H groups in total. The molecule has 1 aromatic heterocycles. The lowest BCUT2D eigenvalue weighted by Crippen LogP contribution is -2.60. The second-order valence-corrected chi connectivity index (χ2v) is 8.36. The minimum absolute atomic E-state index is 0.166. The van der Waals surface area contributed by atoms with E-state index in [1.54, 1.807) is 16.7 Å². The molecule has 4 rings (SSSR count). The van der Waals surface area contributed by atoms with E-state index >= 15 is 0 Å². The maximum Gasteiger partial charge on any atom is 0.325 e. The molecule has 3 aromatic rings. The van der Waals surface area contributed by atoms with Crippen molar-refractivity contribution in [1.82, 2.24) is 10.1 Å². The number of H-pyrrole nitrogens is 1. The lowest BCUT2D eigenvalue weighted by Gasteiger charge is -2.31. The molecule has 9 heteroatoms. The van der Waals surface area contributed by atoms with Crippen LogP contribution in [0.3, 0.4) is 0 Å². The number of nitrogens with one attached hydrogen (secondary N) is 1. The van der Waals surface area contributed by atoms with E-state index in [2.05, 4.69) is 4.98 Å². The fraction of sp³-hybridized carbons (Fsp3) is 0.304. The number of thioether (sulfide) groups is 1. The molecule has 166 valence electrons. The van der Waals surface area contributed by atoms with Gasteiger partial charge in [0.1, 0.15) is 0 Å². The van der Waals surface area contributed by atoms with Crippen LogP contribution in [-0.2, 0) is 4.79 Å². The van der Waals surface area contributed by atoms with E-state index in [-0.39, 0.29) is 11.5 Å². The zero-order chi connectivity index (χ0) is 22.8. The lowest BCUT2D eigenvalue weighted by atomic mass is 10.0. The van der Waals surface area contributed by atoms with Crippen LogP contribution in [0.1, 0.15) is 32.5 Å². The minimum atomic E-state index is -0.666. The smallest absolute Gasteiger partial charge is 0.325 e. The largest absolute Gasteiger partial charge is 0.493 e. The Kier molecular flexibility index (Phi) is 6.18. The zero-order valence-electron chi connectivity index (χ0n) is 18.4. The summed E-state index contributed by atoms with van der Waals surface area (Å²) in [5, 5.41) is 5.22. The van der Waals surface area contributed by atoms with Gasteiger partial charge >= 0.3 is 11.3 Å². The molecule has 0 aliphatic carbocycles. The van der Waals surface area contributed by atoms with Gasteiger partial charge in [0, 0.05) is 17.6 Å². The van der Waals surface area contributed by atoms with Gasteiger partial charge in [-0.2, -0.15) is 0 Å². The third-order valence-corrected chi connectivity index (χ3v) is 5.91. The van der Waals surface area contributed by atoms with Crippen LogP contribution in [0.2, 0.25) is 0 Å². The molecule has 2 heterocycles. The highest BCUT2D eigenvalue weighted by Crippen LogP contribution is 2.39. The monoisotopic (exact) mass is 453 g/mol. The Morgan fingerprint density at radius 3 is 2.69 bits per heavy atom. The van der Waals surface area contributed by atoms with Gasteiger partial charge in [0.2, 0.25) is 11.1 Å². The summed E-state index contributed by atoms with van der Waals surface area (Å²) in [6, 6.07) is 12.9. The van der Waals surface area contributed by atoms with Crippen LogP contribution in [0, 0.1) is 0 Å². The van der Waals surface area contributed by atoms with Gasteiger partial charge in [0.15, 0.2) is 11.5 Å². The van der Waals surface area contributed by atoms with E-state index < -0.39 is 6.17 Å². The molecule has 1 aliphatic rings. The molecule has 0 saturated carbocycles. The van der Waals surface area contributed by atoms with Crippen LogP contribution in [0.25, 0.3) is 11.3 Å². The molecular weight excluding hydrogens is 428 g/mol. The topological polar surface area (TPSA) is 88.4 Å². The van der Waals surface area contributed by atoms with E-state index in [9.17, 15) is 9.59 Å². The van der Waals surface area contributed by atoms with Gasteiger partial charge in [0.25, 0.3) is 6.17 Å². The number of anilines is 1. The van der Waals surface area contributed by atoms with Gasteiger partial charge in [-0.3, -0.25) is 14.6 Å². The van der Waals surface area contributed by atoms with Gasteiger partial charge in [-0.1, -0.05) is 30.8 Å². The number of amides is 1. The summed E-state index contributed by atoms with van der Waals surface area (Å²) < 4.78 is 12.8. The second kappa shape index (κ2) is 9.04. The Morgan fingerprint density at radius 2 is 2.00 bits per heavy atom. The SMILES string of the molecule is CCOc1ccc([C@@H]2N(C(C)=O)c3ccccc3-c3c(=O)[nH]c(SCC)n[n+]32)cc1OC. The van der Waals surface area contributed by atoms with Crippen molar-refractivity contribution in [3.8, 4) is 22.8 Å². The summed E-state index contributed by atoms with van der Waals surface area (Å²) in [5.41, 5.74) is 2.19. The average molecular weight is 454 g/mol. The molecule has 0 spiro atoms. The molecule has 0 bridgehead atoms. The Hall–Kier alpha value is -3.33. The molecule has 0 fully saturated rings. The standard InChI is InChI=1S/C23H24N4O4S/c1-5-31-18-12-11-15(13-19(18)30-4)22-26(14(3)28)17-10-8-7-9-16(17)20-21(29)24-23(32-6-2)25-27(20)22/h7-13,22H,5-6H2,1-4H3/p+1/t22-/m1/s1. The number of hydrogen-bond acceptors (Lipinski definition) is 6. The number of carbonyl (C=O) groups is 1. The summed E-state index contributed by atoms with van der Waals surface area (Å²) in [7, 11) is 1.57. The summed E-state index contributed by atoms with van der Waals surface area (Å²) in [5.74, 6) is 1.73. The van der Waals surface area contributed by atoms with E-state index in [4.69, 9.17) is 14.6 Å². The van der Waals surface area contributed by atoms with Crippen molar-refractivity contribution in [2.45, 2.75) is 32.1 Å². The summed E-state index contributed by atoms with van der Waals surface area (Å²) >= 11 is 1.43. The quantitative estimate of drug-likeness (QED) is 0.456. The lowest BCUT2D eigenvalue weighted by molar-refractivity contribution is -0.763. The second-order valence-electron chi connectivity index (χ2n) is 7.11. The number of benzene rings is 2. The third kappa shape index (κ3) is 3.73. The fourth-order valence-corrected chi connectivity index (χ4v) is 4.52. The number of fused-ring (bicyclic) bond motifs is 3. The third-order valence-electron chi connectivity index (χ3n) is 5.16. The zero-order valence-corrected chi connectivity index (χ0v) is 19.2. The summed E-state index contributed by atoms with van der Waals surface area (Å²) in [4.78, 5) is 30.6. The first-order valence-corrected chi connectivity index (χ1v) is 11.4. The molecule has 1 atom stereocenters. The molecular formula is C23H25N4O4S+. The molecule has 32 heavy (non-hydrogen) atoms. The number of aromatic nitrogens is 3. The number of para-hydroxylation sites is 1. The summed E-state index contributed by atoms with van der Waals surface area (Å²) in [6.45, 7) is 5.90. The highest BCUT2D eigenvalue weighted by Gasteiger charge is 2.45. The Morgan fingerprint density at radius 1 is 1.22 bits per heavy atom. The van der Waals surface area contributed by atoms with E-state index in [1.165, 1.54) is 18.7 Å². The van der Waals surface area contributed by atoms with Gasteiger partial charge in [-0.15, -0.1) is 0 Å². The van der Waals surface area contributed by atoms with E-state index in [1.807, 2.05) is 56.3 Å². The Bertz CT molecular complexity index is 1230. The van der Waals surface area contributed by atoms with Crippen LogP contribution in [0.15, 0.2) is 52.4 Å². The minimum Gasteiger partial charge on any atom is -0.493 e. The number of nitrogens with zero attached hydrogens (tertiary/aromatic N) is 3. The van der Waals surface area contributed by atoms with Gasteiger partial charge in [-0.05, 0) is 47.7 Å². The Balaban J connectivity index is 2.01. The van der Waals surface area contributed by atoms with Gasteiger partial charge in [-0.25, -0.2) is 4.90 Å². The van der Waals surface area contributed by atoms with Crippen molar-refractivity contribution in [2.24, 2.45) is 0 Å². The first kappa shape index (κ1) is 21.9. The van der Waals surface area contributed by atoms with Crippen molar-refractivity contribution in [3.63, 3.8) is 0 Å². The average Bonchev–Trinajstić information content (AvgIpc) is 2.78. The van der Waals surface area contributed by atoms with Crippen LogP contribution < -0.4 is 24.6 Å². The predicted octanol–water partition coefficient (Wildman–Crippen LogP) is 3.16. The number of methoxy groups -OCH3 is 1. The first-order chi connectivity index (χ1) is 15.5. The number of rotatable bonds is 6. The van der Waals surface area contributed by atoms with Crippen molar-refractivity contribution < 1.29 is 19.0 Å². The van der Waals surface area contributed by atoms with Crippen LogP contribution in [0.4, 0.5) is 5.69 Å². The molecule has 1 amide bonds. The maximum absolute atomic E-state index is 13.2. The molecule has 1 aliphatic heterocycles. The van der Waals surface area contributed by atoms with Crippen LogP contribution in [0.5, 0.6) is 11.5 Å². The molecule has 0 saturated heterocycles. The number of carbonyl (C=O) groups excluding carboxylic acids is 1. The van der Waals surface area contributed by atoms with Crippen LogP contribution >= 0.6 is 11.8 Å². The van der Waals surface area contributed by atoms with Crippen molar-refractivity contribution in [2.75, 3.05) is 24.4 Å². The van der Waals surface area contributed by atoms with Crippen molar-refractivity contribution in [3.05, 3.63) is 58.4 Å². The normalized spacial score (nSPS) is 14.5. The summed E-state index contributed by atoms with van der Waals surface area (Å²) in [6.07, 6.45) is -0.666. The molecule has 0 unspecified atom stereocenters. The van der Waals surface area contributed by atoms with Crippen molar-refractivity contribution >= 4 is 23.4 Å². The number of aromatic amines is 1. The Labute approximate surface area is 190 Å². The fourth-order valence-electron chi connectivity index (χ4n) is 3.93. The van der Waals surface area contributed by atoms with E-state index in [0.29, 0.717) is 40.2 Å². The maximum atomic E-state index is 13.2. The molecule has 8 nitrogen and oxygen atoms in total. The number of ether oxygens (including phenoxy) is 2. The van der Waals surface area contributed by atoms with Gasteiger partial charge in [0.05, 0.1) is 25.0 Å². The van der Waals surface area contributed by atoms with Gasteiger partial charge < -0.3 is 9.47 Å². The first-order valence-electron chi connectivity index (χ1n) is 10.4. The predicted molar refractivity (Wildman–Crippen MR) is 122 cm³/mol. The van der Waals surface area contributed by atoms with E-state index in [0.717, 1.165) is 11.3 Å². The highest BCUT2D eigenvalue weighted by atomic mass is 32.2. The molecule has 0 radical (unpaired) electrons. The van der Waals surface area contributed by atoms with Crippen LogP contribution in [-0.4, -0.2) is 35.5 Å². The highest BCUT2D eigenvalue weighted by molar-refractivity contribution is 7.99. The molecule has 2 aromatic carbocycles.